The molecule has 0 aliphatic carbocycles. The molecule has 1 aliphatic rings. The Hall–Kier alpha value is -2.97. The highest BCUT2D eigenvalue weighted by atomic mass is 19.1. The molecule has 0 saturated carbocycles. The molecular weight excluding hydrogens is 391 g/mol. The van der Waals surface area contributed by atoms with Crippen LogP contribution < -0.4 is 9.47 Å². The fourth-order valence-electron chi connectivity index (χ4n) is 2.97. The average Bonchev–Trinajstić information content (AvgIpc) is 2.66. The summed E-state index contributed by atoms with van der Waals surface area (Å²) in [6, 6.07) is 3.55. The summed E-state index contributed by atoms with van der Waals surface area (Å²) < 4.78 is 31.7. The van der Waals surface area contributed by atoms with E-state index in [1.165, 1.54) is 11.2 Å². The number of carbonyl (C=O) groups is 1. The third-order valence-corrected chi connectivity index (χ3v) is 4.55. The lowest BCUT2D eigenvalue weighted by Gasteiger charge is -2.35. The first-order chi connectivity index (χ1) is 14.1. The maximum Gasteiger partial charge on any atom is 0.410 e. The lowest BCUT2D eigenvalue weighted by molar-refractivity contribution is -0.0117. The van der Waals surface area contributed by atoms with Crippen LogP contribution in [0, 0.1) is 13.8 Å². The van der Waals surface area contributed by atoms with Crippen LogP contribution in [0.1, 0.15) is 38.4 Å². The smallest absolute Gasteiger partial charge is 0.410 e. The molecule has 3 rings (SSSR count). The molecule has 3 heterocycles. The fraction of sp³-hybridized carbons (Fsp3) is 0.524. The Balaban J connectivity index is 1.66. The number of alkyl halides is 1. The molecule has 0 radical (unpaired) electrons. The van der Waals surface area contributed by atoms with Crippen LogP contribution in [0.2, 0.25) is 0 Å². The number of pyridine rings is 1. The van der Waals surface area contributed by atoms with Crippen molar-refractivity contribution < 1.29 is 23.4 Å². The van der Waals surface area contributed by atoms with Crippen LogP contribution in [0.5, 0.6) is 17.5 Å². The second kappa shape index (κ2) is 8.81. The molecule has 1 saturated heterocycles. The number of carbonyl (C=O) groups excluding carboxylic acids is 1. The predicted octanol–water partition coefficient (Wildman–Crippen LogP) is 4.01. The van der Waals surface area contributed by atoms with Gasteiger partial charge in [-0.25, -0.2) is 19.2 Å². The molecule has 1 amide bonds. The molecule has 0 N–H and O–H groups in total. The first-order valence-corrected chi connectivity index (χ1v) is 9.84. The monoisotopic (exact) mass is 418 g/mol. The minimum Gasteiger partial charge on any atom is -0.471 e. The van der Waals surface area contributed by atoms with Crippen LogP contribution in [-0.2, 0) is 4.74 Å². The molecule has 2 aromatic heterocycles. The quantitative estimate of drug-likeness (QED) is 0.741. The molecule has 0 unspecified atom stereocenters. The SMILES string of the molecule is Cc1ncccc1Oc1ncnc(O[C@@H]2CCN(C(=O)OC(C)(C)C)C[C@H]2F)c1C. The molecule has 0 spiro atoms. The molecule has 1 aliphatic heterocycles. The van der Waals surface area contributed by atoms with Crippen molar-refractivity contribution in [1.82, 2.24) is 19.9 Å². The van der Waals surface area contributed by atoms with Gasteiger partial charge in [0.05, 0.1) is 17.8 Å². The van der Waals surface area contributed by atoms with Crippen LogP contribution in [0.15, 0.2) is 24.7 Å². The topological polar surface area (TPSA) is 86.7 Å². The molecule has 0 aromatic carbocycles. The lowest BCUT2D eigenvalue weighted by atomic mass is 10.1. The first-order valence-electron chi connectivity index (χ1n) is 9.84. The van der Waals surface area contributed by atoms with Gasteiger partial charge in [0.15, 0.2) is 11.9 Å². The summed E-state index contributed by atoms with van der Waals surface area (Å²) >= 11 is 0. The van der Waals surface area contributed by atoms with E-state index in [2.05, 4.69) is 15.0 Å². The summed E-state index contributed by atoms with van der Waals surface area (Å²) in [6.07, 6.45) is 0.683. The Bertz CT molecular complexity index is 903. The first kappa shape index (κ1) is 21.7. The predicted molar refractivity (Wildman–Crippen MR) is 108 cm³/mol. The number of nitrogens with zero attached hydrogens (tertiary/aromatic N) is 4. The second-order valence-corrected chi connectivity index (χ2v) is 8.19. The van der Waals surface area contributed by atoms with Gasteiger partial charge in [-0.3, -0.25) is 4.98 Å². The molecule has 2 aromatic rings. The zero-order chi connectivity index (χ0) is 21.9. The van der Waals surface area contributed by atoms with Crippen LogP contribution in [0.25, 0.3) is 0 Å². The minimum atomic E-state index is -1.37. The average molecular weight is 418 g/mol. The maximum atomic E-state index is 14.8. The largest absolute Gasteiger partial charge is 0.471 e. The summed E-state index contributed by atoms with van der Waals surface area (Å²) in [5.41, 5.74) is 0.649. The van der Waals surface area contributed by atoms with E-state index in [1.807, 2.05) is 6.92 Å². The van der Waals surface area contributed by atoms with Gasteiger partial charge < -0.3 is 19.1 Å². The van der Waals surface area contributed by atoms with Gasteiger partial charge in [-0.2, -0.15) is 0 Å². The van der Waals surface area contributed by atoms with Crippen molar-refractivity contribution in [2.45, 2.75) is 58.9 Å². The molecule has 9 heteroatoms. The van der Waals surface area contributed by atoms with Crippen LogP contribution in [0.4, 0.5) is 9.18 Å². The Kier molecular flexibility index (Phi) is 6.38. The summed E-state index contributed by atoms with van der Waals surface area (Å²) in [5.74, 6) is 1.14. The number of aromatic nitrogens is 3. The van der Waals surface area contributed by atoms with E-state index >= 15 is 0 Å². The zero-order valence-corrected chi connectivity index (χ0v) is 17.9. The Labute approximate surface area is 175 Å². The molecule has 30 heavy (non-hydrogen) atoms. The van der Waals surface area contributed by atoms with Crippen LogP contribution >= 0.6 is 0 Å². The number of aryl methyl sites for hydroxylation is 1. The third kappa shape index (κ3) is 5.34. The third-order valence-electron chi connectivity index (χ3n) is 4.55. The minimum absolute atomic E-state index is 0.0953. The second-order valence-electron chi connectivity index (χ2n) is 8.19. The van der Waals surface area contributed by atoms with E-state index in [-0.39, 0.29) is 12.4 Å². The number of ether oxygens (including phenoxy) is 3. The van der Waals surface area contributed by atoms with Gasteiger partial charge in [-0.15, -0.1) is 0 Å². The van der Waals surface area contributed by atoms with Gasteiger partial charge in [-0.1, -0.05) is 0 Å². The van der Waals surface area contributed by atoms with Crippen molar-refractivity contribution in [3.8, 4) is 17.5 Å². The number of rotatable bonds is 4. The van der Waals surface area contributed by atoms with E-state index in [9.17, 15) is 9.18 Å². The van der Waals surface area contributed by atoms with Crippen molar-refractivity contribution in [3.05, 3.63) is 35.9 Å². The highest BCUT2D eigenvalue weighted by Gasteiger charge is 2.35. The lowest BCUT2D eigenvalue weighted by Crippen LogP contribution is -2.50. The Morgan fingerprint density at radius 1 is 1.20 bits per heavy atom. The Morgan fingerprint density at radius 3 is 2.60 bits per heavy atom. The van der Waals surface area contributed by atoms with Crippen molar-refractivity contribution in [1.29, 1.82) is 0 Å². The fourth-order valence-corrected chi connectivity index (χ4v) is 2.97. The van der Waals surface area contributed by atoms with E-state index in [0.717, 1.165) is 5.69 Å². The number of piperidine rings is 1. The van der Waals surface area contributed by atoms with E-state index in [4.69, 9.17) is 14.2 Å². The van der Waals surface area contributed by atoms with Crippen molar-refractivity contribution in [3.63, 3.8) is 0 Å². The van der Waals surface area contributed by atoms with Gasteiger partial charge in [-0.05, 0) is 46.8 Å². The highest BCUT2D eigenvalue weighted by molar-refractivity contribution is 5.68. The molecule has 2 atom stereocenters. The van der Waals surface area contributed by atoms with E-state index in [0.29, 0.717) is 30.2 Å². The van der Waals surface area contributed by atoms with Gasteiger partial charge in [0.1, 0.15) is 18.0 Å². The molecule has 8 nitrogen and oxygen atoms in total. The molecule has 162 valence electrons. The van der Waals surface area contributed by atoms with Gasteiger partial charge >= 0.3 is 6.09 Å². The van der Waals surface area contributed by atoms with Gasteiger partial charge in [0.2, 0.25) is 11.8 Å². The van der Waals surface area contributed by atoms with Gasteiger partial charge in [0, 0.05) is 19.2 Å². The summed E-state index contributed by atoms with van der Waals surface area (Å²) in [7, 11) is 0. The molecule has 1 fully saturated rings. The van der Waals surface area contributed by atoms with Crippen molar-refractivity contribution >= 4 is 6.09 Å². The normalized spacial score (nSPS) is 19.3. The number of hydrogen-bond donors (Lipinski definition) is 0. The number of likely N-dealkylation sites (tertiary alicyclic amines) is 1. The van der Waals surface area contributed by atoms with E-state index in [1.54, 1.807) is 46.0 Å². The molecule has 0 bridgehead atoms. The van der Waals surface area contributed by atoms with Crippen molar-refractivity contribution in [2.24, 2.45) is 0 Å². The summed E-state index contributed by atoms with van der Waals surface area (Å²) in [6.45, 7) is 9.15. The standard InChI is InChI=1S/C21H27FN4O4/c1-13-18(28-16-7-6-9-23-14(16)2)24-12-25-19(13)29-17-8-10-26(11-15(17)22)20(27)30-21(3,4)5/h6-7,9,12,15,17H,8,10-11H2,1-5H3/t15-,17-/m1/s1. The number of amides is 1. The van der Waals surface area contributed by atoms with Gasteiger partial charge in [0.25, 0.3) is 0 Å². The zero-order valence-electron chi connectivity index (χ0n) is 17.9. The maximum absolute atomic E-state index is 14.8. The number of halogens is 1. The summed E-state index contributed by atoms with van der Waals surface area (Å²) in [5, 5.41) is 0. The van der Waals surface area contributed by atoms with Crippen LogP contribution in [0.3, 0.4) is 0 Å². The number of hydrogen-bond acceptors (Lipinski definition) is 7. The highest BCUT2D eigenvalue weighted by Crippen LogP contribution is 2.30. The molecular formula is C21H27FN4O4. The summed E-state index contributed by atoms with van der Waals surface area (Å²) in [4.78, 5) is 26.0. The Morgan fingerprint density at radius 2 is 1.93 bits per heavy atom. The van der Waals surface area contributed by atoms with Crippen LogP contribution in [-0.4, -0.2) is 56.9 Å². The van der Waals surface area contributed by atoms with Crippen molar-refractivity contribution in [2.75, 3.05) is 13.1 Å². The van der Waals surface area contributed by atoms with E-state index < -0.39 is 24.0 Å².